The normalized spacial score (nSPS) is 45.0. The molecule has 5 unspecified atom stereocenters. The van der Waals surface area contributed by atoms with Crippen LogP contribution in [0, 0.1) is 34.5 Å². The molecule has 5 aliphatic rings. The molecule has 0 bridgehead atoms. The molecule has 0 aromatic carbocycles. The Balaban J connectivity index is 1.29. The molecule has 0 aromatic heterocycles. The van der Waals surface area contributed by atoms with Crippen LogP contribution in [0.3, 0.4) is 0 Å². The summed E-state index contributed by atoms with van der Waals surface area (Å²) in [7, 11) is 0. The molecule has 1 saturated heterocycles. The smallest absolute Gasteiger partial charge is 0.171 e. The maximum atomic E-state index is 15.6. The molecular weight excluding hydrogens is 419 g/mol. The van der Waals surface area contributed by atoms with Crippen molar-refractivity contribution in [2.24, 2.45) is 39.7 Å². The lowest BCUT2D eigenvalue weighted by molar-refractivity contribution is -0.165. The zero-order valence-corrected chi connectivity index (χ0v) is 20.3. The van der Waals surface area contributed by atoms with Crippen LogP contribution in [0.15, 0.2) is 17.3 Å². The van der Waals surface area contributed by atoms with Crippen molar-refractivity contribution in [3.8, 4) is 0 Å². The number of carbonyl (C=O) groups excluding carboxylic acids is 2. The molecule has 7 atom stereocenters. The molecule has 0 N–H and O–H groups in total. The summed E-state index contributed by atoms with van der Waals surface area (Å²) in [6.07, 6.45) is 6.33. The number of oxime groups is 1. The van der Waals surface area contributed by atoms with E-state index in [1.54, 1.807) is 6.92 Å². The van der Waals surface area contributed by atoms with Crippen LogP contribution >= 0.6 is 0 Å². The standard InChI is InChI=1S/C27H39FN2O3/c1-17-15-19-20-7-8-22(31)27(20,3)25(28)24(32)23(19)26(2)10-9-18(16-21(17)26)29-33-14-13-30-11-5-4-6-12-30/h19-21,23,25H,1,4-16H2,2-3H3/b29-18+/t19?,20?,21?,23?,25?,26-,27-/m0/s1. The Labute approximate surface area is 197 Å². The van der Waals surface area contributed by atoms with Crippen LogP contribution < -0.4 is 0 Å². The van der Waals surface area contributed by atoms with Gasteiger partial charge in [0.2, 0.25) is 0 Å². The van der Waals surface area contributed by atoms with Gasteiger partial charge in [-0.15, -0.1) is 0 Å². The van der Waals surface area contributed by atoms with Crippen molar-refractivity contribution in [3.63, 3.8) is 0 Å². The molecule has 5 nitrogen and oxygen atoms in total. The first-order valence-corrected chi connectivity index (χ1v) is 13.1. The van der Waals surface area contributed by atoms with Crippen molar-refractivity contribution >= 4 is 17.3 Å². The third kappa shape index (κ3) is 3.62. The van der Waals surface area contributed by atoms with E-state index in [2.05, 4.69) is 23.6 Å². The van der Waals surface area contributed by atoms with Crippen LogP contribution in [0.1, 0.15) is 71.6 Å². The Morgan fingerprint density at radius 3 is 2.67 bits per heavy atom. The zero-order valence-electron chi connectivity index (χ0n) is 20.3. The molecule has 33 heavy (non-hydrogen) atoms. The van der Waals surface area contributed by atoms with Crippen LogP contribution in [0.2, 0.25) is 0 Å². The number of fused-ring (bicyclic) bond motifs is 5. The summed E-state index contributed by atoms with van der Waals surface area (Å²) in [6.45, 7) is 12.1. The molecule has 1 heterocycles. The second kappa shape index (κ2) is 8.58. The minimum atomic E-state index is -1.67. The lowest BCUT2D eigenvalue weighted by Gasteiger charge is -2.59. The topological polar surface area (TPSA) is 59.0 Å². The Morgan fingerprint density at radius 1 is 1.15 bits per heavy atom. The van der Waals surface area contributed by atoms with E-state index in [0.717, 1.165) is 56.6 Å². The highest BCUT2D eigenvalue weighted by molar-refractivity contribution is 5.99. The number of piperidine rings is 1. The first-order chi connectivity index (χ1) is 15.8. The summed E-state index contributed by atoms with van der Waals surface area (Å²) in [6, 6.07) is 0. The second-order valence-electron chi connectivity index (χ2n) is 11.8. The highest BCUT2D eigenvalue weighted by Gasteiger charge is 2.68. The molecule has 5 rings (SSSR count). The van der Waals surface area contributed by atoms with E-state index in [9.17, 15) is 9.59 Å². The average Bonchev–Trinajstić information content (AvgIpc) is 3.12. The third-order valence-corrected chi connectivity index (χ3v) is 10.1. The Morgan fingerprint density at radius 2 is 1.91 bits per heavy atom. The van der Waals surface area contributed by atoms with Crippen LogP contribution in [0.25, 0.3) is 0 Å². The summed E-state index contributed by atoms with van der Waals surface area (Å²) >= 11 is 0. The largest absolute Gasteiger partial charge is 0.394 e. The molecule has 0 spiro atoms. The molecule has 0 aromatic rings. The van der Waals surface area contributed by atoms with Gasteiger partial charge < -0.3 is 4.84 Å². The number of allylic oxidation sites excluding steroid dienone is 1. The monoisotopic (exact) mass is 458 g/mol. The van der Waals surface area contributed by atoms with Gasteiger partial charge in [0.1, 0.15) is 12.4 Å². The van der Waals surface area contributed by atoms with Gasteiger partial charge in [-0.05, 0) is 88.1 Å². The van der Waals surface area contributed by atoms with Gasteiger partial charge in [-0.2, -0.15) is 0 Å². The zero-order chi connectivity index (χ0) is 23.4. The summed E-state index contributed by atoms with van der Waals surface area (Å²) in [4.78, 5) is 34.2. The van der Waals surface area contributed by atoms with Crippen molar-refractivity contribution in [1.29, 1.82) is 0 Å². The molecule has 4 aliphatic carbocycles. The van der Waals surface area contributed by atoms with E-state index in [1.807, 2.05) is 0 Å². The van der Waals surface area contributed by atoms with Crippen molar-refractivity contribution in [1.82, 2.24) is 4.90 Å². The Kier molecular flexibility index (Phi) is 6.03. The summed E-state index contributed by atoms with van der Waals surface area (Å²) in [5, 5.41) is 4.48. The molecule has 5 fully saturated rings. The van der Waals surface area contributed by atoms with E-state index in [-0.39, 0.29) is 40.7 Å². The van der Waals surface area contributed by atoms with Gasteiger partial charge in [0, 0.05) is 18.9 Å². The number of rotatable bonds is 4. The quantitative estimate of drug-likeness (QED) is 0.347. The Bertz CT molecular complexity index is 865. The first kappa shape index (κ1) is 23.2. The molecular formula is C27H39FN2O3. The number of hydrogen-bond donors (Lipinski definition) is 0. The number of halogens is 1. The van der Waals surface area contributed by atoms with Gasteiger partial charge in [-0.3, -0.25) is 14.5 Å². The van der Waals surface area contributed by atoms with Gasteiger partial charge in [0.15, 0.2) is 12.0 Å². The van der Waals surface area contributed by atoms with Gasteiger partial charge in [-0.25, -0.2) is 4.39 Å². The number of hydrogen-bond acceptors (Lipinski definition) is 5. The average molecular weight is 459 g/mol. The maximum Gasteiger partial charge on any atom is 0.171 e. The first-order valence-electron chi connectivity index (χ1n) is 13.1. The van der Waals surface area contributed by atoms with E-state index >= 15 is 4.39 Å². The van der Waals surface area contributed by atoms with Crippen LogP contribution in [0.5, 0.6) is 0 Å². The summed E-state index contributed by atoms with van der Waals surface area (Å²) < 4.78 is 15.6. The fourth-order valence-electron chi connectivity index (χ4n) is 8.18. The van der Waals surface area contributed by atoms with Gasteiger partial charge in [-0.1, -0.05) is 30.7 Å². The Hall–Kier alpha value is -1.56. The van der Waals surface area contributed by atoms with E-state index in [1.165, 1.54) is 19.3 Å². The highest BCUT2D eigenvalue weighted by atomic mass is 19.1. The van der Waals surface area contributed by atoms with Crippen molar-refractivity contribution in [3.05, 3.63) is 12.2 Å². The van der Waals surface area contributed by atoms with E-state index < -0.39 is 11.6 Å². The molecule has 182 valence electrons. The predicted octanol–water partition coefficient (Wildman–Crippen LogP) is 4.75. The minimum Gasteiger partial charge on any atom is -0.394 e. The lowest BCUT2D eigenvalue weighted by atomic mass is 9.43. The summed E-state index contributed by atoms with van der Waals surface area (Å²) in [5.41, 5.74) is 0.731. The van der Waals surface area contributed by atoms with Crippen LogP contribution in [-0.2, 0) is 14.4 Å². The SMILES string of the molecule is C=C1CC2C(C(=O)C(F)[C@]3(C)C(=O)CCC23)[C@@]2(C)CC/C(=N\OCCN3CCCCC3)CC12. The number of Topliss-reactive ketones (excluding diaryl/α,β-unsaturated/α-hetero) is 2. The molecule has 0 radical (unpaired) electrons. The number of ketones is 2. The minimum absolute atomic E-state index is 0.0361. The van der Waals surface area contributed by atoms with E-state index in [4.69, 9.17) is 4.84 Å². The third-order valence-electron chi connectivity index (χ3n) is 10.1. The van der Waals surface area contributed by atoms with Gasteiger partial charge in [0.05, 0.1) is 11.1 Å². The maximum absolute atomic E-state index is 15.6. The van der Waals surface area contributed by atoms with E-state index in [0.29, 0.717) is 19.4 Å². The number of likely N-dealkylation sites (tertiary alicyclic amines) is 1. The van der Waals surface area contributed by atoms with Gasteiger partial charge in [0.25, 0.3) is 0 Å². The fraction of sp³-hybridized carbons (Fsp3) is 0.815. The molecule has 4 saturated carbocycles. The lowest BCUT2D eigenvalue weighted by Crippen LogP contribution is -2.62. The van der Waals surface area contributed by atoms with Crippen molar-refractivity contribution in [2.75, 3.05) is 26.2 Å². The second-order valence-corrected chi connectivity index (χ2v) is 11.8. The van der Waals surface area contributed by atoms with Gasteiger partial charge >= 0.3 is 0 Å². The number of nitrogens with zero attached hydrogens (tertiary/aromatic N) is 2. The van der Waals surface area contributed by atoms with Crippen molar-refractivity contribution < 1.29 is 18.8 Å². The number of alkyl halides is 1. The van der Waals surface area contributed by atoms with Crippen LogP contribution in [-0.4, -0.2) is 54.6 Å². The molecule has 6 heteroatoms. The molecule has 1 aliphatic heterocycles. The van der Waals surface area contributed by atoms with Crippen molar-refractivity contribution in [2.45, 2.75) is 77.8 Å². The molecule has 0 amide bonds. The van der Waals surface area contributed by atoms with Crippen LogP contribution in [0.4, 0.5) is 4.39 Å². The number of carbonyl (C=O) groups is 2. The summed E-state index contributed by atoms with van der Waals surface area (Å²) in [5.74, 6) is -0.612. The highest BCUT2D eigenvalue weighted by Crippen LogP contribution is 2.65. The fourth-order valence-corrected chi connectivity index (χ4v) is 8.18. The predicted molar refractivity (Wildman–Crippen MR) is 126 cm³/mol.